The number of hydrogen-bond donors (Lipinski definition) is 0. The van der Waals surface area contributed by atoms with Gasteiger partial charge in [0.05, 0.1) is 0 Å². The summed E-state index contributed by atoms with van der Waals surface area (Å²) in [5.74, 6) is -0.283. The lowest BCUT2D eigenvalue weighted by molar-refractivity contribution is -0.148. The van der Waals surface area contributed by atoms with E-state index in [1.54, 1.807) is 12.2 Å². The fraction of sp³-hybridized carbons (Fsp3) is 0.800. The fourth-order valence-corrected chi connectivity index (χ4v) is 3.00. The van der Waals surface area contributed by atoms with Crippen molar-refractivity contribution in [2.75, 3.05) is 0 Å². The summed E-state index contributed by atoms with van der Waals surface area (Å²) in [5.41, 5.74) is 0. The highest BCUT2D eigenvalue weighted by Gasteiger charge is 2.09. The van der Waals surface area contributed by atoms with Gasteiger partial charge in [-0.15, -0.1) is 0 Å². The van der Waals surface area contributed by atoms with Gasteiger partial charge in [0.1, 0.15) is 12.2 Å². The van der Waals surface area contributed by atoms with Crippen LogP contribution in [0.4, 0.5) is 0 Å². The molecule has 0 saturated heterocycles. The summed E-state index contributed by atoms with van der Waals surface area (Å²) in [6.45, 7) is 20.1. The van der Waals surface area contributed by atoms with Gasteiger partial charge in [-0.1, -0.05) is 131 Å². The van der Waals surface area contributed by atoms with Crippen molar-refractivity contribution < 1.29 is 19.1 Å². The van der Waals surface area contributed by atoms with Crippen molar-refractivity contribution in [3.63, 3.8) is 0 Å². The van der Waals surface area contributed by atoms with E-state index in [0.717, 1.165) is 51.4 Å². The molecule has 0 aromatic heterocycles. The number of hydrogen-bond acceptors (Lipinski definition) is 4. The number of carbonyl (C=O) groups is 2. The summed E-state index contributed by atoms with van der Waals surface area (Å²) < 4.78 is 10.5. The molecule has 4 heteroatoms. The molecule has 0 rings (SSSR count). The highest BCUT2D eigenvalue weighted by molar-refractivity contribution is 5.70. The van der Waals surface area contributed by atoms with Gasteiger partial charge in [0.2, 0.25) is 0 Å². The highest BCUT2D eigenvalue weighted by Crippen LogP contribution is 2.11. The summed E-state index contributed by atoms with van der Waals surface area (Å²) in [6.07, 6.45) is 19.5. The number of rotatable bonds is 19. The number of ether oxygens (including phenoxy) is 2. The summed E-state index contributed by atoms with van der Waals surface area (Å²) in [6, 6.07) is 0. The third-order valence-electron chi connectivity index (χ3n) is 5.32. The maximum absolute atomic E-state index is 11.6. The smallest absolute Gasteiger partial charge is 0.306 e. The van der Waals surface area contributed by atoms with E-state index in [1.807, 2.05) is 13.8 Å². The number of carbonyl (C=O) groups excluding carboxylic acids is 2. The molecule has 2 atom stereocenters. The molecule has 0 N–H and O–H groups in total. The van der Waals surface area contributed by atoms with Gasteiger partial charge in [0, 0.05) is 12.8 Å². The largest absolute Gasteiger partial charge is 0.458 e. The van der Waals surface area contributed by atoms with Crippen LogP contribution < -0.4 is 0 Å². The Morgan fingerprint density at radius 3 is 1.06 bits per heavy atom. The van der Waals surface area contributed by atoms with Gasteiger partial charge in [0.15, 0.2) is 0 Å². The lowest BCUT2D eigenvalue weighted by Gasteiger charge is -2.11. The Bertz CT molecular complexity index is 413. The maximum Gasteiger partial charge on any atom is 0.306 e. The molecule has 0 amide bonds. The molecule has 0 radical (unpaired) electrons. The van der Waals surface area contributed by atoms with Gasteiger partial charge in [-0.25, -0.2) is 0 Å². The van der Waals surface area contributed by atoms with Crippen molar-refractivity contribution in [1.82, 2.24) is 0 Å². The normalized spacial score (nSPS) is 11.6. The minimum Gasteiger partial charge on any atom is -0.458 e. The van der Waals surface area contributed by atoms with E-state index < -0.39 is 0 Å². The Balaban J connectivity index is -0.000000799. The molecule has 0 heterocycles. The van der Waals surface area contributed by atoms with Gasteiger partial charge >= 0.3 is 11.9 Å². The zero-order valence-electron chi connectivity index (χ0n) is 23.7. The minimum absolute atomic E-state index is 0.141. The predicted molar refractivity (Wildman–Crippen MR) is 148 cm³/mol. The molecule has 0 spiro atoms. The van der Waals surface area contributed by atoms with Crippen LogP contribution in [0.15, 0.2) is 25.3 Å². The second-order valence-electron chi connectivity index (χ2n) is 8.67. The molecule has 202 valence electrons. The van der Waals surface area contributed by atoms with Crippen LogP contribution in [0.3, 0.4) is 0 Å². The summed E-state index contributed by atoms with van der Waals surface area (Å²) in [4.78, 5) is 23.2. The Kier molecular flexibility index (Phi) is 34.2. The van der Waals surface area contributed by atoms with Crippen LogP contribution in [-0.4, -0.2) is 24.1 Å². The highest BCUT2D eigenvalue weighted by atomic mass is 16.5. The van der Waals surface area contributed by atoms with E-state index in [0.29, 0.717) is 12.8 Å². The van der Waals surface area contributed by atoms with Crippen LogP contribution in [0.5, 0.6) is 0 Å². The molecule has 2 unspecified atom stereocenters. The van der Waals surface area contributed by atoms with Crippen molar-refractivity contribution in [2.24, 2.45) is 0 Å². The Morgan fingerprint density at radius 1 is 0.559 bits per heavy atom. The van der Waals surface area contributed by atoms with Crippen molar-refractivity contribution in [1.29, 1.82) is 0 Å². The number of unbranched alkanes of at least 4 members (excludes halogenated alkanes) is 9. The summed E-state index contributed by atoms with van der Waals surface area (Å²) >= 11 is 0. The lowest BCUT2D eigenvalue weighted by atomic mass is 10.1. The molecule has 0 aromatic carbocycles. The van der Waals surface area contributed by atoms with Crippen molar-refractivity contribution in [2.45, 2.75) is 156 Å². The average molecular weight is 483 g/mol. The van der Waals surface area contributed by atoms with Crippen molar-refractivity contribution in [3.05, 3.63) is 25.3 Å². The van der Waals surface area contributed by atoms with Gasteiger partial charge < -0.3 is 9.47 Å². The second kappa shape index (κ2) is 31.4. The second-order valence-corrected chi connectivity index (χ2v) is 8.67. The van der Waals surface area contributed by atoms with Crippen LogP contribution in [0.25, 0.3) is 0 Å². The zero-order valence-corrected chi connectivity index (χ0v) is 23.7. The minimum atomic E-state index is -0.161. The molecule has 0 bridgehead atoms. The molecule has 0 fully saturated rings. The lowest BCUT2D eigenvalue weighted by Crippen LogP contribution is -2.14. The molecule has 0 aliphatic carbocycles. The molecule has 0 aromatic rings. The van der Waals surface area contributed by atoms with E-state index in [2.05, 4.69) is 40.9 Å². The molecular formula is C30H58O4. The maximum atomic E-state index is 11.6. The quantitative estimate of drug-likeness (QED) is 0.104. The van der Waals surface area contributed by atoms with Crippen LogP contribution in [0.1, 0.15) is 144 Å². The molecule has 0 saturated carbocycles. The molecule has 0 aliphatic heterocycles. The summed E-state index contributed by atoms with van der Waals surface area (Å²) in [5, 5.41) is 0. The first-order valence-electron chi connectivity index (χ1n) is 14.0. The van der Waals surface area contributed by atoms with Gasteiger partial charge in [-0.2, -0.15) is 0 Å². The van der Waals surface area contributed by atoms with Crippen LogP contribution in [-0.2, 0) is 19.1 Å². The third kappa shape index (κ3) is 30.4. The first-order chi connectivity index (χ1) is 16.4. The Morgan fingerprint density at radius 2 is 0.853 bits per heavy atom. The van der Waals surface area contributed by atoms with E-state index >= 15 is 0 Å². The predicted octanol–water partition coefficient (Wildman–Crippen LogP) is 9.52. The van der Waals surface area contributed by atoms with Gasteiger partial charge in [-0.05, 0) is 25.7 Å². The topological polar surface area (TPSA) is 52.6 Å². The first kappa shape index (κ1) is 37.0. The standard InChI is InChI=1S/C20H34O4.2C5H12/c1-5-17(6-2)23-19(21)15-13-11-9-10-12-14-16-20(22)24-18(7-3)8-4;2*1-3-5-4-2/h5,7,17-18H,1,3,6,8-16H2,2,4H3;2*3-5H2,1-2H3. The van der Waals surface area contributed by atoms with Crippen LogP contribution in [0, 0.1) is 0 Å². The fourth-order valence-electron chi connectivity index (χ4n) is 3.00. The van der Waals surface area contributed by atoms with Crippen molar-refractivity contribution >= 4 is 11.9 Å². The summed E-state index contributed by atoms with van der Waals surface area (Å²) in [7, 11) is 0. The first-order valence-corrected chi connectivity index (χ1v) is 14.0. The van der Waals surface area contributed by atoms with Crippen molar-refractivity contribution in [3.8, 4) is 0 Å². The SMILES string of the molecule is C=CC(CC)OC(=O)CCCCCCCCC(=O)OC(C=C)CC.CCCCC.CCCCC. The Labute approximate surface area is 213 Å². The molecule has 4 nitrogen and oxygen atoms in total. The molecule has 34 heavy (non-hydrogen) atoms. The van der Waals surface area contributed by atoms with Gasteiger partial charge in [-0.3, -0.25) is 9.59 Å². The average Bonchev–Trinajstić information content (AvgIpc) is 2.84. The Hall–Kier alpha value is -1.58. The zero-order chi connectivity index (χ0) is 26.5. The van der Waals surface area contributed by atoms with Gasteiger partial charge in [0.25, 0.3) is 0 Å². The molecular weight excluding hydrogens is 424 g/mol. The van der Waals surface area contributed by atoms with Crippen LogP contribution >= 0.6 is 0 Å². The van der Waals surface area contributed by atoms with Crippen LogP contribution in [0.2, 0.25) is 0 Å². The molecule has 0 aliphatic rings. The third-order valence-corrected chi connectivity index (χ3v) is 5.32. The van der Waals surface area contributed by atoms with E-state index in [1.165, 1.54) is 38.5 Å². The van der Waals surface area contributed by atoms with E-state index in [-0.39, 0.29) is 24.1 Å². The van der Waals surface area contributed by atoms with E-state index in [4.69, 9.17) is 9.47 Å². The van der Waals surface area contributed by atoms with E-state index in [9.17, 15) is 9.59 Å². The number of esters is 2. The monoisotopic (exact) mass is 482 g/mol.